The molecule has 0 unspecified atom stereocenters. The Morgan fingerprint density at radius 1 is 1.00 bits per heavy atom. The van der Waals surface area contributed by atoms with Crippen LogP contribution in [0.5, 0.6) is 0 Å². The molecule has 1 aliphatic rings. The lowest BCUT2D eigenvalue weighted by molar-refractivity contribution is 0.0563. The Morgan fingerprint density at radius 3 is 1.89 bits per heavy atom. The van der Waals surface area contributed by atoms with Gasteiger partial charge in [0.1, 0.15) is 0 Å². The first-order chi connectivity index (χ1) is 9.20. The van der Waals surface area contributed by atoms with Crippen molar-refractivity contribution in [2.75, 3.05) is 0 Å². The van der Waals surface area contributed by atoms with Crippen LogP contribution in [0.4, 0.5) is 0 Å². The van der Waals surface area contributed by atoms with Gasteiger partial charge in [-0.15, -0.1) is 0 Å². The predicted molar refractivity (Wildman–Crippen MR) is 77.7 cm³/mol. The largest absolute Gasteiger partial charge is 0.271 e. The minimum atomic E-state index is -0.0848. The number of carbonyl (C=O) groups is 2. The second-order valence-electron chi connectivity index (χ2n) is 5.12. The number of unbranched alkanes of at least 4 members (excludes halogenated alkanes) is 2. The van der Waals surface area contributed by atoms with Gasteiger partial charge in [0.05, 0.1) is 11.1 Å². The van der Waals surface area contributed by atoms with Gasteiger partial charge in [-0.2, -0.15) is 11.3 Å². The van der Waals surface area contributed by atoms with Gasteiger partial charge in [0.25, 0.3) is 11.8 Å². The molecule has 0 radical (unpaired) electrons. The molecule has 2 heterocycles. The molecule has 0 bridgehead atoms. The first-order valence-corrected chi connectivity index (χ1v) is 8.09. The molecule has 0 N–H and O–H groups in total. The number of carbonyl (C=O) groups excluding carboxylic acids is 2. The zero-order chi connectivity index (χ0) is 13.8. The van der Waals surface area contributed by atoms with E-state index in [2.05, 4.69) is 13.8 Å². The number of amides is 2. The maximum atomic E-state index is 12.3. The third-order valence-corrected chi connectivity index (χ3v) is 4.45. The van der Waals surface area contributed by atoms with E-state index in [-0.39, 0.29) is 17.9 Å². The van der Waals surface area contributed by atoms with E-state index in [0.29, 0.717) is 11.1 Å². The van der Waals surface area contributed by atoms with Crippen LogP contribution in [-0.2, 0) is 0 Å². The molecule has 2 rings (SSSR count). The van der Waals surface area contributed by atoms with Crippen molar-refractivity contribution in [1.82, 2.24) is 4.90 Å². The van der Waals surface area contributed by atoms with Crippen molar-refractivity contribution in [1.29, 1.82) is 0 Å². The fourth-order valence-corrected chi connectivity index (χ4v) is 3.39. The van der Waals surface area contributed by atoms with E-state index in [0.717, 1.165) is 38.5 Å². The molecular weight excluding hydrogens is 258 g/mol. The van der Waals surface area contributed by atoms with E-state index in [4.69, 9.17) is 0 Å². The lowest BCUT2D eigenvalue weighted by Crippen LogP contribution is -2.40. The van der Waals surface area contributed by atoms with Crippen LogP contribution in [0.1, 0.15) is 73.1 Å². The van der Waals surface area contributed by atoms with E-state index >= 15 is 0 Å². The van der Waals surface area contributed by atoms with Crippen molar-refractivity contribution in [3.8, 4) is 0 Å². The SMILES string of the molecule is CCCCC(CCCC)N1C(=O)c2cscc2C1=O. The number of fused-ring (bicyclic) bond motifs is 1. The standard InChI is InChI=1S/C15H21NO2S/c1-3-5-7-11(8-6-4-2)16-14(17)12-9-19-10-13(12)15(16)18/h9-11H,3-8H2,1-2H3. The minimum Gasteiger partial charge on any atom is -0.271 e. The fourth-order valence-electron chi connectivity index (χ4n) is 2.59. The monoisotopic (exact) mass is 279 g/mol. The quantitative estimate of drug-likeness (QED) is 0.705. The first kappa shape index (κ1) is 14.3. The second kappa shape index (κ2) is 6.33. The molecule has 2 amide bonds. The highest BCUT2D eigenvalue weighted by atomic mass is 32.1. The molecule has 0 aromatic carbocycles. The van der Waals surface area contributed by atoms with Gasteiger partial charge in [-0.1, -0.05) is 39.5 Å². The number of thiophene rings is 1. The summed E-state index contributed by atoms with van der Waals surface area (Å²) >= 11 is 1.43. The van der Waals surface area contributed by atoms with Crippen molar-refractivity contribution in [2.24, 2.45) is 0 Å². The Morgan fingerprint density at radius 2 is 1.47 bits per heavy atom. The molecule has 104 valence electrons. The van der Waals surface area contributed by atoms with Gasteiger partial charge in [-0.3, -0.25) is 14.5 Å². The van der Waals surface area contributed by atoms with Crippen molar-refractivity contribution in [3.63, 3.8) is 0 Å². The molecule has 1 aromatic rings. The Balaban J connectivity index is 2.15. The molecule has 0 atom stereocenters. The normalized spacial score (nSPS) is 14.6. The summed E-state index contributed by atoms with van der Waals surface area (Å²) in [5, 5.41) is 3.60. The molecule has 0 fully saturated rings. The van der Waals surface area contributed by atoms with Gasteiger partial charge >= 0.3 is 0 Å². The van der Waals surface area contributed by atoms with Gasteiger partial charge in [0.15, 0.2) is 0 Å². The van der Waals surface area contributed by atoms with Gasteiger partial charge in [-0.25, -0.2) is 0 Å². The van der Waals surface area contributed by atoms with E-state index in [1.807, 2.05) is 0 Å². The van der Waals surface area contributed by atoms with Crippen molar-refractivity contribution >= 4 is 23.2 Å². The van der Waals surface area contributed by atoms with Crippen LogP contribution < -0.4 is 0 Å². The zero-order valence-electron chi connectivity index (χ0n) is 11.6. The molecule has 0 saturated heterocycles. The number of rotatable bonds is 7. The Kier molecular flexibility index (Phi) is 4.75. The smallest absolute Gasteiger partial charge is 0.262 e. The number of nitrogens with zero attached hydrogens (tertiary/aromatic N) is 1. The van der Waals surface area contributed by atoms with Crippen LogP contribution in [0.3, 0.4) is 0 Å². The van der Waals surface area contributed by atoms with Crippen molar-refractivity contribution < 1.29 is 9.59 Å². The molecule has 3 nitrogen and oxygen atoms in total. The Bertz CT molecular complexity index is 428. The highest BCUT2D eigenvalue weighted by Gasteiger charge is 2.39. The summed E-state index contributed by atoms with van der Waals surface area (Å²) in [6, 6.07) is 0.0808. The highest BCUT2D eigenvalue weighted by Crippen LogP contribution is 2.30. The van der Waals surface area contributed by atoms with Crippen molar-refractivity contribution in [2.45, 2.75) is 58.4 Å². The van der Waals surface area contributed by atoms with Crippen LogP contribution in [0, 0.1) is 0 Å². The maximum absolute atomic E-state index is 12.3. The number of hydrogen-bond donors (Lipinski definition) is 0. The summed E-state index contributed by atoms with van der Waals surface area (Å²) in [5.41, 5.74) is 1.21. The minimum absolute atomic E-state index is 0.0808. The molecule has 4 heteroatoms. The summed E-state index contributed by atoms with van der Waals surface area (Å²) in [4.78, 5) is 26.2. The Hall–Kier alpha value is -1.16. The van der Waals surface area contributed by atoms with Crippen LogP contribution in [0.2, 0.25) is 0 Å². The van der Waals surface area contributed by atoms with Gasteiger partial charge in [0.2, 0.25) is 0 Å². The average molecular weight is 279 g/mol. The molecule has 0 saturated carbocycles. The van der Waals surface area contributed by atoms with Gasteiger partial charge in [-0.05, 0) is 12.8 Å². The zero-order valence-corrected chi connectivity index (χ0v) is 12.5. The third-order valence-electron chi connectivity index (χ3n) is 3.71. The van der Waals surface area contributed by atoms with Gasteiger partial charge < -0.3 is 0 Å². The Labute approximate surface area is 118 Å². The van der Waals surface area contributed by atoms with E-state index in [9.17, 15) is 9.59 Å². The average Bonchev–Trinajstić information content (AvgIpc) is 2.97. The van der Waals surface area contributed by atoms with E-state index in [1.54, 1.807) is 10.8 Å². The van der Waals surface area contributed by atoms with Crippen LogP contribution >= 0.6 is 11.3 Å². The second-order valence-corrected chi connectivity index (χ2v) is 5.86. The molecule has 1 aliphatic heterocycles. The maximum Gasteiger partial charge on any atom is 0.262 e. The molecule has 19 heavy (non-hydrogen) atoms. The lowest BCUT2D eigenvalue weighted by Gasteiger charge is -2.26. The third kappa shape index (κ3) is 2.73. The van der Waals surface area contributed by atoms with Crippen molar-refractivity contribution in [3.05, 3.63) is 21.9 Å². The summed E-state index contributed by atoms with van der Waals surface area (Å²) in [6.45, 7) is 4.28. The molecule has 0 spiro atoms. The number of imide groups is 1. The fraction of sp³-hybridized carbons (Fsp3) is 0.600. The lowest BCUT2D eigenvalue weighted by atomic mass is 10.0. The van der Waals surface area contributed by atoms with Crippen LogP contribution in [0.25, 0.3) is 0 Å². The topological polar surface area (TPSA) is 37.4 Å². The summed E-state index contributed by atoms with van der Waals surface area (Å²) in [6.07, 6.45) is 6.19. The summed E-state index contributed by atoms with van der Waals surface area (Å²) in [5.74, 6) is -0.170. The molecule has 0 aliphatic carbocycles. The number of hydrogen-bond acceptors (Lipinski definition) is 3. The summed E-state index contributed by atoms with van der Waals surface area (Å²) in [7, 11) is 0. The molecule has 1 aromatic heterocycles. The van der Waals surface area contributed by atoms with Crippen LogP contribution in [0.15, 0.2) is 10.8 Å². The summed E-state index contributed by atoms with van der Waals surface area (Å²) < 4.78 is 0. The predicted octanol–water partition coefficient (Wildman–Crippen LogP) is 4.09. The highest BCUT2D eigenvalue weighted by molar-refractivity contribution is 7.08. The van der Waals surface area contributed by atoms with E-state index in [1.165, 1.54) is 16.2 Å². The van der Waals surface area contributed by atoms with E-state index < -0.39 is 0 Å². The van der Waals surface area contributed by atoms with Crippen LogP contribution in [-0.4, -0.2) is 22.8 Å². The molecular formula is C15H21NO2S. The first-order valence-electron chi connectivity index (χ1n) is 7.14. The van der Waals surface area contributed by atoms with Gasteiger partial charge in [0, 0.05) is 16.8 Å².